The van der Waals surface area contributed by atoms with Crippen LogP contribution < -0.4 is 0 Å². The van der Waals surface area contributed by atoms with E-state index in [1.54, 1.807) is 20.8 Å². The summed E-state index contributed by atoms with van der Waals surface area (Å²) in [5.74, 6) is -0.801. The topological polar surface area (TPSA) is 59.3 Å². The number of rotatable bonds is 3. The van der Waals surface area contributed by atoms with Crippen molar-refractivity contribution in [3.63, 3.8) is 0 Å². The van der Waals surface area contributed by atoms with Gasteiger partial charge in [-0.1, -0.05) is 12.1 Å². The molecule has 0 unspecified atom stereocenters. The van der Waals surface area contributed by atoms with Crippen molar-refractivity contribution in [1.29, 1.82) is 5.26 Å². The molecule has 0 saturated carbocycles. The van der Waals surface area contributed by atoms with Crippen LogP contribution in [-0.2, 0) is 16.0 Å². The summed E-state index contributed by atoms with van der Waals surface area (Å²) in [6.45, 7) is 5.08. The van der Waals surface area contributed by atoms with Crippen LogP contribution >= 0.6 is 0 Å². The Balaban J connectivity index is 2.35. The SMILES string of the molecule is CC(C)(C)OOC(=O)c1cc(C#N)cc(-c2ccc(C(F)(F)F)cc2)c1. The van der Waals surface area contributed by atoms with Crippen LogP contribution in [0.5, 0.6) is 0 Å². The highest BCUT2D eigenvalue weighted by Gasteiger charge is 2.30. The summed E-state index contributed by atoms with van der Waals surface area (Å²) in [7, 11) is 0. The van der Waals surface area contributed by atoms with Crippen molar-refractivity contribution >= 4 is 5.97 Å². The highest BCUT2D eigenvalue weighted by atomic mass is 19.4. The molecule has 0 saturated heterocycles. The Hall–Kier alpha value is -2.85. The Morgan fingerprint density at radius 3 is 2.12 bits per heavy atom. The van der Waals surface area contributed by atoms with Crippen LogP contribution in [-0.4, -0.2) is 11.6 Å². The molecule has 26 heavy (non-hydrogen) atoms. The average molecular weight is 363 g/mol. The van der Waals surface area contributed by atoms with Gasteiger partial charge < -0.3 is 0 Å². The minimum absolute atomic E-state index is 0.0585. The first kappa shape index (κ1) is 19.5. The van der Waals surface area contributed by atoms with Crippen LogP contribution in [0.2, 0.25) is 0 Å². The Kier molecular flexibility index (Phi) is 5.38. The molecule has 0 aliphatic rings. The zero-order valence-corrected chi connectivity index (χ0v) is 14.3. The first-order chi connectivity index (χ1) is 12.0. The highest BCUT2D eigenvalue weighted by Crippen LogP contribution is 2.31. The zero-order valence-electron chi connectivity index (χ0n) is 14.3. The number of halogens is 3. The van der Waals surface area contributed by atoms with E-state index in [0.717, 1.165) is 12.1 Å². The molecule has 0 aliphatic carbocycles. The van der Waals surface area contributed by atoms with E-state index in [1.807, 2.05) is 6.07 Å². The van der Waals surface area contributed by atoms with Crippen LogP contribution in [0.1, 0.15) is 42.3 Å². The highest BCUT2D eigenvalue weighted by molar-refractivity contribution is 5.91. The smallest absolute Gasteiger partial charge is 0.292 e. The van der Waals surface area contributed by atoms with Gasteiger partial charge in [-0.2, -0.15) is 23.3 Å². The van der Waals surface area contributed by atoms with Gasteiger partial charge in [0.25, 0.3) is 0 Å². The van der Waals surface area contributed by atoms with E-state index in [2.05, 4.69) is 0 Å². The van der Waals surface area contributed by atoms with Crippen molar-refractivity contribution in [2.45, 2.75) is 32.5 Å². The van der Waals surface area contributed by atoms with Crippen molar-refractivity contribution in [3.8, 4) is 17.2 Å². The number of hydrogen-bond donors (Lipinski definition) is 0. The van der Waals surface area contributed by atoms with Crippen LogP contribution in [0.15, 0.2) is 42.5 Å². The molecule has 2 aromatic carbocycles. The Labute approximate surface area is 148 Å². The zero-order chi connectivity index (χ0) is 19.5. The van der Waals surface area contributed by atoms with Gasteiger partial charge in [-0.05, 0) is 62.2 Å². The van der Waals surface area contributed by atoms with Gasteiger partial charge in [0, 0.05) is 0 Å². The third-order valence-corrected chi connectivity index (χ3v) is 3.21. The number of carbonyl (C=O) groups excluding carboxylic acids is 1. The van der Waals surface area contributed by atoms with E-state index in [9.17, 15) is 18.0 Å². The fourth-order valence-corrected chi connectivity index (χ4v) is 2.04. The van der Waals surface area contributed by atoms with E-state index in [1.165, 1.54) is 30.3 Å². The summed E-state index contributed by atoms with van der Waals surface area (Å²) in [5, 5.41) is 9.14. The van der Waals surface area contributed by atoms with E-state index in [-0.39, 0.29) is 11.1 Å². The molecule has 2 aromatic rings. The lowest BCUT2D eigenvalue weighted by Crippen LogP contribution is -2.22. The molecule has 0 bridgehead atoms. The molecule has 0 aromatic heterocycles. The van der Waals surface area contributed by atoms with Crippen LogP contribution in [0, 0.1) is 11.3 Å². The second-order valence-corrected chi connectivity index (χ2v) is 6.55. The summed E-state index contributed by atoms with van der Waals surface area (Å²) < 4.78 is 38.0. The first-order valence-electron chi connectivity index (χ1n) is 7.62. The normalized spacial score (nSPS) is 11.7. The number of benzene rings is 2. The van der Waals surface area contributed by atoms with E-state index < -0.39 is 23.3 Å². The number of hydrogen-bond acceptors (Lipinski definition) is 4. The number of carbonyl (C=O) groups is 1. The molecule has 136 valence electrons. The Morgan fingerprint density at radius 2 is 1.62 bits per heavy atom. The summed E-state index contributed by atoms with van der Waals surface area (Å²) in [6, 6.07) is 10.6. The van der Waals surface area contributed by atoms with E-state index in [0.29, 0.717) is 11.1 Å². The summed E-state index contributed by atoms with van der Waals surface area (Å²) in [5.41, 5.74) is -0.413. The minimum Gasteiger partial charge on any atom is -0.292 e. The summed E-state index contributed by atoms with van der Waals surface area (Å²) in [6.07, 6.45) is -4.44. The van der Waals surface area contributed by atoms with Gasteiger partial charge in [0.05, 0.1) is 22.8 Å². The first-order valence-corrected chi connectivity index (χ1v) is 7.62. The molecule has 0 N–H and O–H groups in total. The number of nitriles is 1. The monoisotopic (exact) mass is 363 g/mol. The van der Waals surface area contributed by atoms with Gasteiger partial charge in [-0.3, -0.25) is 4.89 Å². The standard InChI is InChI=1S/C19H16F3NO3/c1-18(2,3)26-25-17(24)15-9-12(11-23)8-14(10-15)13-4-6-16(7-5-13)19(20,21)22/h4-10H,1-3H3. The van der Waals surface area contributed by atoms with Crippen molar-refractivity contribution in [2.24, 2.45) is 0 Å². The van der Waals surface area contributed by atoms with Gasteiger partial charge in [-0.25, -0.2) is 4.79 Å². The fourth-order valence-electron chi connectivity index (χ4n) is 2.04. The lowest BCUT2D eigenvalue weighted by molar-refractivity contribution is -0.301. The molecule has 0 aliphatic heterocycles. The van der Waals surface area contributed by atoms with Crippen molar-refractivity contribution < 1.29 is 27.7 Å². The van der Waals surface area contributed by atoms with Gasteiger partial charge in [0.2, 0.25) is 0 Å². The largest absolute Gasteiger partial charge is 0.416 e. The van der Waals surface area contributed by atoms with Crippen molar-refractivity contribution in [1.82, 2.24) is 0 Å². The summed E-state index contributed by atoms with van der Waals surface area (Å²) >= 11 is 0. The van der Waals surface area contributed by atoms with Gasteiger partial charge in [-0.15, -0.1) is 0 Å². The fraction of sp³-hybridized carbons (Fsp3) is 0.263. The molecule has 0 spiro atoms. The molecule has 2 rings (SSSR count). The third kappa shape index (κ3) is 5.07. The predicted molar refractivity (Wildman–Crippen MR) is 87.8 cm³/mol. The maximum Gasteiger partial charge on any atom is 0.416 e. The number of nitrogens with zero attached hydrogens (tertiary/aromatic N) is 1. The second-order valence-electron chi connectivity index (χ2n) is 6.55. The van der Waals surface area contributed by atoms with Crippen LogP contribution in [0.4, 0.5) is 13.2 Å². The molecule has 0 fully saturated rings. The lowest BCUT2D eigenvalue weighted by atomic mass is 9.99. The lowest BCUT2D eigenvalue weighted by Gasteiger charge is -2.16. The van der Waals surface area contributed by atoms with Crippen LogP contribution in [0.3, 0.4) is 0 Å². The van der Waals surface area contributed by atoms with Gasteiger partial charge in [0.1, 0.15) is 5.60 Å². The quantitative estimate of drug-likeness (QED) is 0.560. The van der Waals surface area contributed by atoms with Gasteiger partial charge in [0.15, 0.2) is 0 Å². The molecule has 0 amide bonds. The molecular formula is C19H16F3NO3. The Morgan fingerprint density at radius 1 is 1.00 bits per heavy atom. The van der Waals surface area contributed by atoms with Crippen molar-refractivity contribution in [2.75, 3.05) is 0 Å². The van der Waals surface area contributed by atoms with E-state index in [4.69, 9.17) is 15.0 Å². The van der Waals surface area contributed by atoms with Gasteiger partial charge >= 0.3 is 12.1 Å². The average Bonchev–Trinajstić information content (AvgIpc) is 2.58. The molecule has 4 nitrogen and oxygen atoms in total. The molecule has 7 heteroatoms. The molecule has 0 radical (unpaired) electrons. The molecular weight excluding hydrogens is 347 g/mol. The predicted octanol–water partition coefficient (Wildman–Crippen LogP) is 5.13. The third-order valence-electron chi connectivity index (χ3n) is 3.21. The van der Waals surface area contributed by atoms with Crippen molar-refractivity contribution in [3.05, 3.63) is 59.2 Å². The Bertz CT molecular complexity index is 844. The number of alkyl halides is 3. The minimum atomic E-state index is -4.44. The van der Waals surface area contributed by atoms with Crippen LogP contribution in [0.25, 0.3) is 11.1 Å². The maximum atomic E-state index is 12.7. The molecule has 0 heterocycles. The summed E-state index contributed by atoms with van der Waals surface area (Å²) in [4.78, 5) is 21.8. The maximum absolute atomic E-state index is 12.7. The second kappa shape index (κ2) is 7.18. The van der Waals surface area contributed by atoms with E-state index >= 15 is 0 Å². The molecule has 0 atom stereocenters.